The quantitative estimate of drug-likeness (QED) is 0.415. The summed E-state index contributed by atoms with van der Waals surface area (Å²) in [6, 6.07) is 3.40. The predicted molar refractivity (Wildman–Crippen MR) is 88.3 cm³/mol. The second-order valence-electron chi connectivity index (χ2n) is 4.01. The molecular formula is C13H17Cl2O3PS. The van der Waals surface area contributed by atoms with Gasteiger partial charge in [-0.2, -0.15) is 0 Å². The monoisotopic (exact) mass is 354 g/mol. The van der Waals surface area contributed by atoms with E-state index in [2.05, 4.69) is 6.58 Å². The van der Waals surface area contributed by atoms with Gasteiger partial charge in [0.1, 0.15) is 0 Å². The van der Waals surface area contributed by atoms with E-state index in [1.54, 1.807) is 18.2 Å². The zero-order valence-electron chi connectivity index (χ0n) is 11.4. The lowest BCUT2D eigenvalue weighted by atomic mass is 10.2. The van der Waals surface area contributed by atoms with Crippen LogP contribution in [0.1, 0.15) is 18.9 Å². The zero-order chi connectivity index (χ0) is 15.2. The maximum atomic E-state index is 12.6. The Bertz CT molecular complexity index is 499. The Kier molecular flexibility index (Phi) is 7.49. The van der Waals surface area contributed by atoms with E-state index in [-0.39, 0.29) is 5.75 Å². The van der Waals surface area contributed by atoms with Crippen molar-refractivity contribution in [3.63, 3.8) is 0 Å². The van der Waals surface area contributed by atoms with Gasteiger partial charge in [-0.25, -0.2) is 4.57 Å². The van der Waals surface area contributed by atoms with Gasteiger partial charge in [-0.05, 0) is 42.4 Å². The van der Waals surface area contributed by atoms with Crippen LogP contribution in [0.15, 0.2) is 24.8 Å². The maximum absolute atomic E-state index is 12.6. The first-order valence-corrected chi connectivity index (χ1v) is 9.96. The summed E-state index contributed by atoms with van der Waals surface area (Å²) >= 11 is 13.2. The average Bonchev–Trinajstić information content (AvgIpc) is 2.39. The van der Waals surface area contributed by atoms with Gasteiger partial charge in [-0.3, -0.25) is 4.52 Å². The number of rotatable bonds is 8. The summed E-state index contributed by atoms with van der Waals surface area (Å²) in [7, 11) is 0. The van der Waals surface area contributed by atoms with Crippen LogP contribution >= 0.6 is 41.4 Å². The Labute approximate surface area is 133 Å². The van der Waals surface area contributed by atoms with E-state index >= 15 is 0 Å². The van der Waals surface area contributed by atoms with Crippen LogP contribution in [-0.2, 0) is 9.09 Å². The van der Waals surface area contributed by atoms with Crippen molar-refractivity contribution in [2.24, 2.45) is 0 Å². The molecule has 1 aromatic rings. The van der Waals surface area contributed by atoms with Crippen molar-refractivity contribution < 1.29 is 13.6 Å². The van der Waals surface area contributed by atoms with Gasteiger partial charge < -0.3 is 4.52 Å². The van der Waals surface area contributed by atoms with E-state index in [4.69, 9.17) is 32.2 Å². The van der Waals surface area contributed by atoms with Crippen LogP contribution in [0.4, 0.5) is 0 Å². The molecule has 0 heterocycles. The molecule has 0 fully saturated rings. The molecular weight excluding hydrogens is 338 g/mol. The fraction of sp³-hybridized carbons (Fsp3) is 0.385. The molecule has 3 nitrogen and oxygen atoms in total. The fourth-order valence-electron chi connectivity index (χ4n) is 1.32. The second kappa shape index (κ2) is 8.35. The molecule has 0 spiro atoms. The van der Waals surface area contributed by atoms with Crippen molar-refractivity contribution in [3.8, 4) is 5.75 Å². The maximum Gasteiger partial charge on any atom is 0.440 e. The molecule has 112 valence electrons. The second-order valence-corrected chi connectivity index (χ2v) is 8.87. The van der Waals surface area contributed by atoms with Crippen LogP contribution in [0, 0.1) is 6.92 Å². The molecule has 1 atom stereocenters. The molecule has 7 heteroatoms. The third kappa shape index (κ3) is 5.34. The molecule has 0 saturated carbocycles. The van der Waals surface area contributed by atoms with Gasteiger partial charge in [-0.15, -0.1) is 6.58 Å². The van der Waals surface area contributed by atoms with Gasteiger partial charge in [0.15, 0.2) is 5.75 Å². The highest BCUT2D eigenvalue weighted by Crippen LogP contribution is 2.61. The molecule has 0 radical (unpaired) electrons. The van der Waals surface area contributed by atoms with E-state index in [1.165, 1.54) is 0 Å². The summed E-state index contributed by atoms with van der Waals surface area (Å²) in [5, 5.41) is 0.629. The standard InChI is InChI=1S/C13H17Cl2O3PS/c1-4-6-17-19(16,20-7-5-2)18-13-11(14)8-10(3)9-12(13)15/h5,8-9H,2,4,6-7H2,1,3H3. The summed E-state index contributed by atoms with van der Waals surface area (Å²) in [5.74, 6) is 0.636. The van der Waals surface area contributed by atoms with Crippen molar-refractivity contribution in [2.75, 3.05) is 12.4 Å². The highest BCUT2D eigenvalue weighted by molar-refractivity contribution is 8.55. The molecule has 1 unspecified atom stereocenters. The van der Waals surface area contributed by atoms with E-state index in [0.29, 0.717) is 22.4 Å². The smallest absolute Gasteiger partial charge is 0.414 e. The molecule has 0 aromatic heterocycles. The van der Waals surface area contributed by atoms with Crippen LogP contribution in [0.3, 0.4) is 0 Å². The molecule has 0 N–H and O–H groups in total. The minimum absolute atomic E-state index is 0.190. The van der Waals surface area contributed by atoms with Crippen LogP contribution in [0.25, 0.3) is 0 Å². The number of halogens is 2. The Morgan fingerprint density at radius 3 is 2.50 bits per heavy atom. The number of hydrogen-bond acceptors (Lipinski definition) is 4. The Morgan fingerprint density at radius 1 is 1.40 bits per heavy atom. The minimum atomic E-state index is -3.37. The number of hydrogen-bond donors (Lipinski definition) is 0. The lowest BCUT2D eigenvalue weighted by molar-refractivity contribution is 0.281. The predicted octanol–water partition coefficient (Wildman–Crippen LogP) is 6.13. The van der Waals surface area contributed by atoms with Crippen molar-refractivity contribution in [3.05, 3.63) is 40.4 Å². The Balaban J connectivity index is 3.00. The zero-order valence-corrected chi connectivity index (χ0v) is 14.6. The highest BCUT2D eigenvalue weighted by atomic mass is 35.5. The SMILES string of the molecule is C=CCSP(=O)(OCCC)Oc1c(Cl)cc(C)cc1Cl. The van der Waals surface area contributed by atoms with Crippen LogP contribution in [0.2, 0.25) is 10.0 Å². The molecule has 0 saturated heterocycles. The van der Waals surface area contributed by atoms with Crippen LogP contribution < -0.4 is 4.52 Å². The molecule has 0 bridgehead atoms. The lowest BCUT2D eigenvalue weighted by Gasteiger charge is -2.19. The van der Waals surface area contributed by atoms with Gasteiger partial charge in [-0.1, -0.05) is 36.2 Å². The molecule has 20 heavy (non-hydrogen) atoms. The first kappa shape index (κ1) is 17.9. The van der Waals surface area contributed by atoms with Gasteiger partial charge in [0, 0.05) is 5.75 Å². The number of aryl methyl sites for hydroxylation is 1. The molecule has 0 aliphatic rings. The van der Waals surface area contributed by atoms with Crippen molar-refractivity contribution in [2.45, 2.75) is 20.3 Å². The molecule has 1 rings (SSSR count). The first-order valence-electron chi connectivity index (χ1n) is 6.07. The van der Waals surface area contributed by atoms with Crippen LogP contribution in [0.5, 0.6) is 5.75 Å². The summed E-state index contributed by atoms with van der Waals surface area (Å²) in [5.41, 5.74) is 0.899. The van der Waals surface area contributed by atoms with Crippen molar-refractivity contribution >= 4 is 41.4 Å². The number of benzene rings is 1. The molecule has 0 amide bonds. The van der Waals surface area contributed by atoms with Gasteiger partial charge in [0.05, 0.1) is 16.7 Å². The van der Waals surface area contributed by atoms with E-state index in [0.717, 1.165) is 23.4 Å². The summed E-state index contributed by atoms with van der Waals surface area (Å²) in [6.45, 7) is 4.35. The Hall–Kier alpha value is -0.120. The summed E-state index contributed by atoms with van der Waals surface area (Å²) in [4.78, 5) is 0. The van der Waals surface area contributed by atoms with Crippen LogP contribution in [-0.4, -0.2) is 12.4 Å². The fourth-order valence-corrected chi connectivity index (χ4v) is 5.09. The lowest BCUT2D eigenvalue weighted by Crippen LogP contribution is -1.98. The van der Waals surface area contributed by atoms with Gasteiger partial charge >= 0.3 is 6.80 Å². The summed E-state index contributed by atoms with van der Waals surface area (Å²) < 4.78 is 23.5. The largest absolute Gasteiger partial charge is 0.440 e. The van der Waals surface area contributed by atoms with E-state index in [9.17, 15) is 4.57 Å². The van der Waals surface area contributed by atoms with Gasteiger partial charge in [0.25, 0.3) is 0 Å². The van der Waals surface area contributed by atoms with Gasteiger partial charge in [0.2, 0.25) is 0 Å². The normalized spacial score (nSPS) is 13.8. The molecule has 0 aliphatic heterocycles. The average molecular weight is 355 g/mol. The minimum Gasteiger partial charge on any atom is -0.414 e. The van der Waals surface area contributed by atoms with E-state index in [1.807, 2.05) is 13.8 Å². The third-order valence-electron chi connectivity index (χ3n) is 2.15. The Morgan fingerprint density at radius 2 is 2.00 bits per heavy atom. The third-order valence-corrected chi connectivity index (χ3v) is 6.25. The topological polar surface area (TPSA) is 35.5 Å². The molecule has 1 aromatic carbocycles. The first-order chi connectivity index (χ1) is 9.41. The summed E-state index contributed by atoms with van der Waals surface area (Å²) in [6.07, 6.45) is 2.37. The van der Waals surface area contributed by atoms with Crippen molar-refractivity contribution in [1.29, 1.82) is 0 Å². The highest BCUT2D eigenvalue weighted by Gasteiger charge is 2.29. The van der Waals surface area contributed by atoms with Crippen molar-refractivity contribution in [1.82, 2.24) is 0 Å². The molecule has 0 aliphatic carbocycles. The van der Waals surface area contributed by atoms with E-state index < -0.39 is 6.80 Å².